The molecule has 0 aromatic heterocycles. The van der Waals surface area contributed by atoms with Crippen LogP contribution in [0, 0.1) is 0 Å². The summed E-state index contributed by atoms with van der Waals surface area (Å²) in [5.74, 6) is 1.92. The molecule has 1 heterocycles. The van der Waals surface area contributed by atoms with Gasteiger partial charge in [0.1, 0.15) is 0 Å². The lowest BCUT2D eigenvalue weighted by molar-refractivity contribution is -0.143. The van der Waals surface area contributed by atoms with Crippen molar-refractivity contribution in [2.45, 2.75) is 39.0 Å². The summed E-state index contributed by atoms with van der Waals surface area (Å²) in [7, 11) is 1.59. The van der Waals surface area contributed by atoms with Crippen LogP contribution in [0.3, 0.4) is 0 Å². The van der Waals surface area contributed by atoms with Gasteiger partial charge in [-0.25, -0.2) is 4.99 Å². The molecule has 2 rings (SSSR count). The molecule has 10 heteroatoms. The topological polar surface area (TPSA) is 58.1 Å². The molecule has 0 spiro atoms. The molecule has 1 aliphatic heterocycles. The predicted octanol–water partition coefficient (Wildman–Crippen LogP) is 3.40. The van der Waals surface area contributed by atoms with E-state index in [-0.39, 0.29) is 30.0 Å². The zero-order valence-corrected chi connectivity index (χ0v) is 19.3. The Morgan fingerprint density at radius 2 is 2.03 bits per heavy atom. The molecule has 1 saturated heterocycles. The summed E-state index contributed by atoms with van der Waals surface area (Å²) >= 11 is 0. The Bertz CT molecular complexity index is 659. The number of halogens is 4. The van der Waals surface area contributed by atoms with E-state index >= 15 is 0 Å². The average Bonchev–Trinajstić information content (AvgIpc) is 3.05. The Morgan fingerprint density at radius 1 is 1.28 bits per heavy atom. The number of hydrogen-bond acceptors (Lipinski definition) is 4. The minimum Gasteiger partial charge on any atom is -0.493 e. The van der Waals surface area contributed by atoms with E-state index in [9.17, 15) is 13.2 Å². The molecule has 29 heavy (non-hydrogen) atoms. The van der Waals surface area contributed by atoms with Crippen LogP contribution >= 0.6 is 24.0 Å². The number of aliphatic imine (C=N–C) groups is 1. The van der Waals surface area contributed by atoms with Gasteiger partial charge in [0.15, 0.2) is 17.5 Å². The van der Waals surface area contributed by atoms with Gasteiger partial charge in [0.25, 0.3) is 0 Å². The van der Waals surface area contributed by atoms with Crippen LogP contribution in [0.1, 0.15) is 25.8 Å². The summed E-state index contributed by atoms with van der Waals surface area (Å²) in [5, 5.41) is 6.39. The van der Waals surface area contributed by atoms with Crippen molar-refractivity contribution >= 4 is 29.9 Å². The van der Waals surface area contributed by atoms with Gasteiger partial charge >= 0.3 is 6.18 Å². The first-order valence-corrected chi connectivity index (χ1v) is 9.48. The van der Waals surface area contributed by atoms with Crippen molar-refractivity contribution in [1.29, 1.82) is 0 Å². The van der Waals surface area contributed by atoms with Gasteiger partial charge in [-0.3, -0.25) is 4.90 Å². The van der Waals surface area contributed by atoms with Crippen molar-refractivity contribution in [1.82, 2.24) is 15.5 Å². The minimum absolute atomic E-state index is 0. The molecule has 1 fully saturated rings. The predicted molar refractivity (Wildman–Crippen MR) is 118 cm³/mol. The van der Waals surface area contributed by atoms with Gasteiger partial charge in [-0.15, -0.1) is 24.0 Å². The third-order valence-electron chi connectivity index (χ3n) is 4.31. The van der Waals surface area contributed by atoms with Crippen molar-refractivity contribution in [2.24, 2.45) is 4.99 Å². The zero-order chi connectivity index (χ0) is 20.6. The highest BCUT2D eigenvalue weighted by atomic mass is 127. The van der Waals surface area contributed by atoms with E-state index in [1.165, 1.54) is 4.90 Å². The summed E-state index contributed by atoms with van der Waals surface area (Å²) in [5.41, 5.74) is 0.951. The van der Waals surface area contributed by atoms with E-state index in [1.807, 2.05) is 32.0 Å². The van der Waals surface area contributed by atoms with Gasteiger partial charge in [-0.2, -0.15) is 13.2 Å². The first kappa shape index (κ1) is 25.6. The molecule has 1 aromatic rings. The summed E-state index contributed by atoms with van der Waals surface area (Å²) in [4.78, 5) is 5.98. The fourth-order valence-corrected chi connectivity index (χ4v) is 3.12. The van der Waals surface area contributed by atoms with Gasteiger partial charge in [0, 0.05) is 25.7 Å². The largest absolute Gasteiger partial charge is 0.493 e. The van der Waals surface area contributed by atoms with Crippen LogP contribution in [0.2, 0.25) is 0 Å². The molecule has 1 aliphatic rings. The molecule has 1 unspecified atom stereocenters. The summed E-state index contributed by atoms with van der Waals surface area (Å²) < 4.78 is 48.5. The third-order valence-corrected chi connectivity index (χ3v) is 4.31. The SMILES string of the molecule is CCNC(=NCc1ccc(OC)c(OCC)c1)NC1CCN(CC(F)(F)F)C1.I. The molecule has 0 aliphatic carbocycles. The molecule has 2 N–H and O–H groups in total. The van der Waals surface area contributed by atoms with Gasteiger partial charge in [-0.05, 0) is 38.0 Å². The quantitative estimate of drug-likeness (QED) is 0.307. The number of ether oxygens (including phenoxy) is 2. The van der Waals surface area contributed by atoms with E-state index < -0.39 is 12.7 Å². The Balaban J connectivity index is 0.00000420. The number of nitrogens with one attached hydrogen (secondary N) is 2. The van der Waals surface area contributed by atoms with E-state index in [1.54, 1.807) is 7.11 Å². The Kier molecular flexibility index (Phi) is 10.9. The first-order chi connectivity index (χ1) is 13.3. The van der Waals surface area contributed by atoms with Crippen molar-refractivity contribution in [3.63, 3.8) is 0 Å². The normalized spacial score (nSPS) is 17.6. The number of rotatable bonds is 8. The van der Waals surface area contributed by atoms with E-state index in [2.05, 4.69) is 15.6 Å². The summed E-state index contributed by atoms with van der Waals surface area (Å²) in [6.07, 6.45) is -3.52. The second kappa shape index (κ2) is 12.3. The standard InChI is InChI=1S/C19H29F3N4O2.HI/c1-4-23-18(25-15-8-9-26(12-15)13-19(20,21)22)24-11-14-6-7-16(27-3)17(10-14)28-5-2;/h6-7,10,15H,4-5,8-9,11-13H2,1-3H3,(H2,23,24,25);1H. The van der Waals surface area contributed by atoms with Crippen molar-refractivity contribution in [3.05, 3.63) is 23.8 Å². The molecule has 0 saturated carbocycles. The van der Waals surface area contributed by atoms with Gasteiger partial charge < -0.3 is 20.1 Å². The maximum Gasteiger partial charge on any atom is 0.401 e. The molecule has 0 amide bonds. The Hall–Kier alpha value is -1.43. The van der Waals surface area contributed by atoms with Crippen LogP contribution in [0.5, 0.6) is 11.5 Å². The number of benzene rings is 1. The number of hydrogen-bond donors (Lipinski definition) is 2. The Labute approximate surface area is 187 Å². The minimum atomic E-state index is -4.17. The third kappa shape index (κ3) is 8.85. The number of likely N-dealkylation sites (tertiary alicyclic amines) is 1. The monoisotopic (exact) mass is 530 g/mol. The fourth-order valence-electron chi connectivity index (χ4n) is 3.12. The lowest BCUT2D eigenvalue weighted by Crippen LogP contribution is -2.45. The molecule has 166 valence electrons. The smallest absolute Gasteiger partial charge is 0.401 e. The van der Waals surface area contributed by atoms with Gasteiger partial charge in [0.2, 0.25) is 0 Å². The second-order valence-electron chi connectivity index (χ2n) is 6.59. The highest BCUT2D eigenvalue weighted by Gasteiger charge is 2.34. The molecule has 1 aromatic carbocycles. The number of nitrogens with zero attached hydrogens (tertiary/aromatic N) is 2. The summed E-state index contributed by atoms with van der Waals surface area (Å²) in [6.45, 7) is 5.36. The van der Waals surface area contributed by atoms with Crippen molar-refractivity contribution in [2.75, 3.05) is 39.9 Å². The number of guanidine groups is 1. The van der Waals surface area contributed by atoms with E-state index in [4.69, 9.17) is 9.47 Å². The lowest BCUT2D eigenvalue weighted by atomic mass is 10.2. The first-order valence-electron chi connectivity index (χ1n) is 9.48. The van der Waals surface area contributed by atoms with Crippen LogP contribution in [0.15, 0.2) is 23.2 Å². The molecular weight excluding hydrogens is 500 g/mol. The maximum absolute atomic E-state index is 12.6. The van der Waals surface area contributed by atoms with Crippen LogP contribution < -0.4 is 20.1 Å². The second-order valence-corrected chi connectivity index (χ2v) is 6.59. The highest BCUT2D eigenvalue weighted by Crippen LogP contribution is 2.28. The van der Waals surface area contributed by atoms with E-state index in [0.717, 1.165) is 5.56 Å². The molecule has 1 atom stereocenters. The zero-order valence-electron chi connectivity index (χ0n) is 17.0. The molecule has 0 radical (unpaired) electrons. The fraction of sp³-hybridized carbons (Fsp3) is 0.632. The Morgan fingerprint density at radius 3 is 2.66 bits per heavy atom. The van der Waals surface area contributed by atoms with Gasteiger partial charge in [0.05, 0.1) is 26.8 Å². The van der Waals surface area contributed by atoms with Crippen LogP contribution in [-0.4, -0.2) is 63.0 Å². The average molecular weight is 530 g/mol. The van der Waals surface area contributed by atoms with Crippen LogP contribution in [-0.2, 0) is 6.54 Å². The molecular formula is C19H30F3IN4O2. The number of methoxy groups -OCH3 is 1. The van der Waals surface area contributed by atoms with Gasteiger partial charge in [-0.1, -0.05) is 6.07 Å². The van der Waals surface area contributed by atoms with Crippen molar-refractivity contribution in [3.8, 4) is 11.5 Å². The lowest BCUT2D eigenvalue weighted by Gasteiger charge is -2.19. The molecule has 0 bridgehead atoms. The molecule has 6 nitrogen and oxygen atoms in total. The highest BCUT2D eigenvalue weighted by molar-refractivity contribution is 14.0. The van der Waals surface area contributed by atoms with Crippen LogP contribution in [0.4, 0.5) is 13.2 Å². The van der Waals surface area contributed by atoms with Crippen LogP contribution in [0.25, 0.3) is 0 Å². The summed E-state index contributed by atoms with van der Waals surface area (Å²) in [6, 6.07) is 5.57. The maximum atomic E-state index is 12.6. The van der Waals surface area contributed by atoms with Crippen molar-refractivity contribution < 1.29 is 22.6 Å². The van der Waals surface area contributed by atoms with E-state index in [0.29, 0.717) is 56.7 Å². The number of alkyl halides is 3.